The molecule has 0 aromatic carbocycles. The number of aliphatic carboxylic acids is 1. The Morgan fingerprint density at radius 1 is 1.35 bits per heavy atom. The lowest BCUT2D eigenvalue weighted by Gasteiger charge is -2.51. The summed E-state index contributed by atoms with van der Waals surface area (Å²) < 4.78 is 5.49. The molecule has 0 bridgehead atoms. The second-order valence-electron chi connectivity index (χ2n) is 6.75. The first-order chi connectivity index (χ1) is 9.39. The van der Waals surface area contributed by atoms with E-state index >= 15 is 0 Å². The van der Waals surface area contributed by atoms with Gasteiger partial charge in [-0.05, 0) is 53.1 Å². The van der Waals surface area contributed by atoms with Gasteiger partial charge in [-0.1, -0.05) is 0 Å². The van der Waals surface area contributed by atoms with Crippen LogP contribution in [0.1, 0.15) is 40.0 Å². The first kappa shape index (κ1) is 15.7. The van der Waals surface area contributed by atoms with E-state index in [0.717, 1.165) is 13.1 Å². The third kappa shape index (κ3) is 3.93. The lowest BCUT2D eigenvalue weighted by Crippen LogP contribution is -2.64. The molecular weight excluding hydrogens is 256 g/mol. The number of carbonyl (C=O) groups is 1. The summed E-state index contributed by atoms with van der Waals surface area (Å²) in [6.45, 7) is 10.5. The Balaban J connectivity index is 1.76. The highest BCUT2D eigenvalue weighted by Crippen LogP contribution is 2.30. The molecule has 1 atom stereocenters. The summed E-state index contributed by atoms with van der Waals surface area (Å²) in [6, 6.07) is 1.27. The molecule has 20 heavy (non-hydrogen) atoms. The number of hydrogen-bond acceptors (Lipinski definition) is 4. The Labute approximate surface area is 121 Å². The molecule has 2 aliphatic rings. The van der Waals surface area contributed by atoms with Gasteiger partial charge in [0.1, 0.15) is 6.61 Å². The van der Waals surface area contributed by atoms with Gasteiger partial charge in [-0.15, -0.1) is 0 Å². The summed E-state index contributed by atoms with van der Waals surface area (Å²) in [5, 5.41) is 8.69. The molecule has 1 N–H and O–H groups in total. The van der Waals surface area contributed by atoms with E-state index in [4.69, 9.17) is 9.84 Å². The van der Waals surface area contributed by atoms with Crippen molar-refractivity contribution in [3.8, 4) is 0 Å². The van der Waals surface area contributed by atoms with Crippen LogP contribution in [0.25, 0.3) is 0 Å². The number of ether oxygens (including phenoxy) is 1. The zero-order chi connectivity index (χ0) is 14.8. The van der Waals surface area contributed by atoms with Crippen molar-refractivity contribution in [3.63, 3.8) is 0 Å². The van der Waals surface area contributed by atoms with Crippen molar-refractivity contribution in [2.24, 2.45) is 0 Å². The molecule has 0 spiro atoms. The minimum absolute atomic E-state index is 0.184. The highest BCUT2D eigenvalue weighted by molar-refractivity contribution is 5.68. The van der Waals surface area contributed by atoms with Gasteiger partial charge in [0.2, 0.25) is 0 Å². The van der Waals surface area contributed by atoms with Crippen LogP contribution in [-0.4, -0.2) is 71.3 Å². The molecule has 0 aliphatic carbocycles. The van der Waals surface area contributed by atoms with E-state index in [0.29, 0.717) is 12.1 Å². The molecule has 116 valence electrons. The third-order valence-corrected chi connectivity index (χ3v) is 4.60. The molecule has 1 unspecified atom stereocenters. The zero-order valence-corrected chi connectivity index (χ0v) is 13.0. The predicted molar refractivity (Wildman–Crippen MR) is 77.9 cm³/mol. The van der Waals surface area contributed by atoms with Gasteiger partial charge in [0.15, 0.2) is 0 Å². The molecular formula is C15H28N2O3. The van der Waals surface area contributed by atoms with Crippen molar-refractivity contribution in [2.45, 2.75) is 57.7 Å². The number of hydrogen-bond donors (Lipinski definition) is 1. The minimum atomic E-state index is -0.883. The fraction of sp³-hybridized carbons (Fsp3) is 0.933. The molecule has 0 radical (unpaired) electrons. The molecule has 0 aromatic heterocycles. The van der Waals surface area contributed by atoms with Crippen molar-refractivity contribution in [1.82, 2.24) is 9.80 Å². The molecule has 2 fully saturated rings. The fourth-order valence-corrected chi connectivity index (χ4v) is 3.38. The van der Waals surface area contributed by atoms with Crippen LogP contribution in [0.15, 0.2) is 0 Å². The maximum Gasteiger partial charge on any atom is 0.329 e. The van der Waals surface area contributed by atoms with E-state index in [1.54, 1.807) is 0 Å². The third-order valence-electron chi connectivity index (χ3n) is 4.60. The van der Waals surface area contributed by atoms with Crippen molar-refractivity contribution in [1.29, 1.82) is 0 Å². The largest absolute Gasteiger partial charge is 0.480 e. The molecule has 2 aliphatic heterocycles. The summed E-state index contributed by atoms with van der Waals surface area (Å²) in [7, 11) is 0. The van der Waals surface area contributed by atoms with Crippen LogP contribution in [0.4, 0.5) is 0 Å². The number of carboxylic acid groups (broad SMARTS) is 1. The number of nitrogens with zero attached hydrogens (tertiary/aromatic N) is 2. The van der Waals surface area contributed by atoms with Gasteiger partial charge in [-0.25, -0.2) is 4.79 Å². The molecule has 0 amide bonds. The maximum atomic E-state index is 10.6. The van der Waals surface area contributed by atoms with Crippen LogP contribution in [-0.2, 0) is 9.53 Å². The average Bonchev–Trinajstić information content (AvgIpc) is 2.58. The summed E-state index contributed by atoms with van der Waals surface area (Å²) in [4.78, 5) is 15.6. The molecule has 2 heterocycles. The molecule has 0 aromatic rings. The van der Waals surface area contributed by atoms with Gasteiger partial charge in [-0.3, -0.25) is 4.90 Å². The second-order valence-corrected chi connectivity index (χ2v) is 6.75. The van der Waals surface area contributed by atoms with Crippen LogP contribution in [0.2, 0.25) is 0 Å². The average molecular weight is 284 g/mol. The number of likely N-dealkylation sites (tertiary alicyclic amines) is 2. The first-order valence-corrected chi connectivity index (χ1v) is 7.73. The minimum Gasteiger partial charge on any atom is -0.480 e. The summed E-state index contributed by atoms with van der Waals surface area (Å²) in [6.07, 6.45) is 3.72. The highest BCUT2D eigenvalue weighted by atomic mass is 16.5. The van der Waals surface area contributed by atoms with Crippen LogP contribution < -0.4 is 0 Å². The molecule has 5 nitrogen and oxygen atoms in total. The quantitative estimate of drug-likeness (QED) is 0.827. The van der Waals surface area contributed by atoms with E-state index in [9.17, 15) is 4.79 Å². The normalized spacial score (nSPS) is 28.1. The van der Waals surface area contributed by atoms with E-state index in [1.165, 1.54) is 32.4 Å². The van der Waals surface area contributed by atoms with Crippen molar-refractivity contribution in [3.05, 3.63) is 0 Å². The van der Waals surface area contributed by atoms with E-state index in [1.807, 2.05) is 6.92 Å². The van der Waals surface area contributed by atoms with E-state index < -0.39 is 5.97 Å². The summed E-state index contributed by atoms with van der Waals surface area (Å²) in [5.74, 6) is -0.883. The number of carboxylic acids is 1. The Hall–Kier alpha value is -0.650. The van der Waals surface area contributed by atoms with Gasteiger partial charge in [0.25, 0.3) is 0 Å². The Kier molecular flexibility index (Phi) is 5.04. The lowest BCUT2D eigenvalue weighted by atomic mass is 9.92. The maximum absolute atomic E-state index is 10.6. The topological polar surface area (TPSA) is 53.0 Å². The Morgan fingerprint density at radius 3 is 2.65 bits per heavy atom. The fourth-order valence-electron chi connectivity index (χ4n) is 3.38. The predicted octanol–water partition coefficient (Wildman–Crippen LogP) is 1.42. The van der Waals surface area contributed by atoms with Crippen LogP contribution in [0.3, 0.4) is 0 Å². The van der Waals surface area contributed by atoms with Crippen molar-refractivity contribution >= 4 is 5.97 Å². The van der Waals surface area contributed by atoms with Crippen molar-refractivity contribution in [2.75, 3.05) is 32.8 Å². The summed E-state index contributed by atoms with van der Waals surface area (Å²) in [5.41, 5.74) is -0.261. The van der Waals surface area contributed by atoms with Gasteiger partial charge in [0.05, 0.1) is 5.60 Å². The standard InChI is InChI=1S/C15H28N2O3/c1-12(2)16-7-4-5-13(6-8-16)17-10-15(3,11-17)20-9-14(18)19/h12-13H,4-11H2,1-3H3,(H,18,19). The van der Waals surface area contributed by atoms with Crippen LogP contribution >= 0.6 is 0 Å². The first-order valence-electron chi connectivity index (χ1n) is 7.73. The molecule has 0 saturated carbocycles. The van der Waals surface area contributed by atoms with Gasteiger partial charge < -0.3 is 14.7 Å². The van der Waals surface area contributed by atoms with Crippen LogP contribution in [0.5, 0.6) is 0 Å². The lowest BCUT2D eigenvalue weighted by molar-refractivity contribution is -0.170. The number of rotatable bonds is 5. The van der Waals surface area contributed by atoms with Gasteiger partial charge >= 0.3 is 5.97 Å². The van der Waals surface area contributed by atoms with Crippen LogP contribution in [0, 0.1) is 0 Å². The smallest absolute Gasteiger partial charge is 0.329 e. The van der Waals surface area contributed by atoms with Gasteiger partial charge in [-0.2, -0.15) is 0 Å². The second kappa shape index (κ2) is 6.41. The van der Waals surface area contributed by atoms with E-state index in [2.05, 4.69) is 23.6 Å². The Morgan fingerprint density at radius 2 is 2.05 bits per heavy atom. The zero-order valence-electron chi connectivity index (χ0n) is 13.0. The monoisotopic (exact) mass is 284 g/mol. The molecule has 2 saturated heterocycles. The molecule has 2 rings (SSSR count). The highest BCUT2D eigenvalue weighted by Gasteiger charge is 2.43. The SMILES string of the molecule is CC(C)N1CCCC(N2CC(C)(OCC(=O)O)C2)CC1. The Bertz CT molecular complexity index is 340. The van der Waals surface area contributed by atoms with E-state index in [-0.39, 0.29) is 12.2 Å². The van der Waals surface area contributed by atoms with Crippen molar-refractivity contribution < 1.29 is 14.6 Å². The van der Waals surface area contributed by atoms with Gasteiger partial charge in [0, 0.05) is 25.2 Å². The summed E-state index contributed by atoms with van der Waals surface area (Å²) >= 11 is 0. The molecule has 5 heteroatoms.